The molecule has 0 aliphatic heterocycles. The third kappa shape index (κ3) is 6.30. The Kier molecular flexibility index (Phi) is 9.48. The Morgan fingerprint density at radius 3 is 2.32 bits per heavy atom. The van der Waals surface area contributed by atoms with Gasteiger partial charge >= 0.3 is 0 Å². The molecule has 0 fully saturated rings. The van der Waals surface area contributed by atoms with Crippen LogP contribution in [0.3, 0.4) is 0 Å². The SMILES string of the molecule is COc1ccc2c(c1)n(CC(=O)N(C)C)c(CNC(=O)c1nc(Cl)c(N)nc1N)[n+]2CC(=O)N(C)C.[Cl-]. The molecular weight excluding hydrogens is 525 g/mol. The molecule has 37 heavy (non-hydrogen) atoms. The summed E-state index contributed by atoms with van der Waals surface area (Å²) in [5, 5.41) is 2.58. The van der Waals surface area contributed by atoms with E-state index in [-0.39, 0.29) is 66.3 Å². The Morgan fingerprint density at radius 1 is 1.08 bits per heavy atom. The number of likely N-dealkylation sites (N-methyl/N-ethyl adjacent to an activating group) is 2. The van der Waals surface area contributed by atoms with E-state index in [4.69, 9.17) is 27.8 Å². The van der Waals surface area contributed by atoms with Gasteiger partial charge in [-0.15, -0.1) is 0 Å². The number of rotatable bonds is 8. The lowest BCUT2D eigenvalue weighted by Crippen LogP contribution is -3.00. The van der Waals surface area contributed by atoms with Gasteiger partial charge in [-0.2, -0.15) is 0 Å². The Bertz CT molecular complexity index is 1340. The monoisotopic (exact) mass is 553 g/mol. The highest BCUT2D eigenvalue weighted by Gasteiger charge is 2.30. The second kappa shape index (κ2) is 11.9. The highest BCUT2D eigenvalue weighted by atomic mass is 35.5. The molecule has 0 bridgehead atoms. The van der Waals surface area contributed by atoms with Gasteiger partial charge in [0.1, 0.15) is 12.3 Å². The lowest BCUT2D eigenvalue weighted by Gasteiger charge is -2.12. The highest BCUT2D eigenvalue weighted by molar-refractivity contribution is 6.31. The summed E-state index contributed by atoms with van der Waals surface area (Å²) in [4.78, 5) is 49.0. The van der Waals surface area contributed by atoms with Gasteiger partial charge in [0.25, 0.3) is 23.5 Å². The second-order valence-electron chi connectivity index (χ2n) is 8.34. The summed E-state index contributed by atoms with van der Waals surface area (Å²) >= 11 is 5.91. The summed E-state index contributed by atoms with van der Waals surface area (Å²) in [6, 6.07) is 5.32. The number of carbonyl (C=O) groups excluding carboxylic acids is 3. The van der Waals surface area contributed by atoms with Gasteiger partial charge in [0.2, 0.25) is 0 Å². The largest absolute Gasteiger partial charge is 1.00 e. The predicted octanol–water partition coefficient (Wildman–Crippen LogP) is -3.34. The molecule has 2 aromatic heterocycles. The molecule has 3 aromatic rings. The van der Waals surface area contributed by atoms with E-state index in [0.717, 1.165) is 0 Å². The molecule has 0 aliphatic rings. The summed E-state index contributed by atoms with van der Waals surface area (Å²) in [5.41, 5.74) is 12.5. The number of nitrogens with two attached hydrogens (primary N) is 2. The van der Waals surface area contributed by atoms with Crippen LogP contribution < -0.4 is 38.5 Å². The number of carbonyl (C=O) groups is 3. The second-order valence-corrected chi connectivity index (χ2v) is 8.69. The standard InChI is InChI=1S/C22H28ClN9O4.ClH/c1-29(2)16(33)10-31-13-7-6-12(36-5)8-14(13)32(11-17(34)30(3)4)15(31)9-26-22(35)18-20(24)28-21(25)19(23)27-18;/h6-8H,9-11H2,1-5H3,(H4-,24,25,26,28,35);1H. The smallest absolute Gasteiger partial charge is 0.278 e. The minimum atomic E-state index is -0.652. The number of amides is 3. The molecule has 0 unspecified atom stereocenters. The molecule has 200 valence electrons. The molecule has 3 rings (SSSR count). The minimum absolute atomic E-state index is 0. The van der Waals surface area contributed by atoms with Crippen LogP contribution in [0.4, 0.5) is 11.6 Å². The predicted molar refractivity (Wildman–Crippen MR) is 133 cm³/mol. The van der Waals surface area contributed by atoms with Crippen molar-refractivity contribution >= 4 is 52.0 Å². The molecule has 2 heterocycles. The number of nitrogens with zero attached hydrogens (tertiary/aromatic N) is 6. The first kappa shape index (κ1) is 29.4. The Hall–Kier alpha value is -3.84. The lowest BCUT2D eigenvalue weighted by atomic mass is 10.3. The summed E-state index contributed by atoms with van der Waals surface area (Å²) in [5.74, 6) is -0.235. The number of methoxy groups -OCH3 is 1. The summed E-state index contributed by atoms with van der Waals surface area (Å²) in [6.45, 7) is -0.138. The molecule has 0 saturated carbocycles. The summed E-state index contributed by atoms with van der Waals surface area (Å²) in [7, 11) is 8.12. The summed E-state index contributed by atoms with van der Waals surface area (Å²) < 4.78 is 8.85. The van der Waals surface area contributed by atoms with Crippen molar-refractivity contribution in [3.8, 4) is 5.75 Å². The number of halogens is 2. The van der Waals surface area contributed by atoms with Crippen molar-refractivity contribution in [2.45, 2.75) is 19.6 Å². The third-order valence-electron chi connectivity index (χ3n) is 5.50. The molecule has 5 N–H and O–H groups in total. The van der Waals surface area contributed by atoms with E-state index >= 15 is 0 Å². The summed E-state index contributed by atoms with van der Waals surface area (Å²) in [6.07, 6.45) is 0. The fraction of sp³-hybridized carbons (Fsp3) is 0.364. The zero-order valence-electron chi connectivity index (χ0n) is 21.1. The normalized spacial score (nSPS) is 10.5. The zero-order chi connectivity index (χ0) is 26.7. The number of ether oxygens (including phenoxy) is 1. The molecule has 0 radical (unpaired) electrons. The van der Waals surface area contributed by atoms with E-state index in [1.165, 1.54) is 16.9 Å². The molecule has 0 atom stereocenters. The minimum Gasteiger partial charge on any atom is -1.00 e. The number of hydrogen-bond donors (Lipinski definition) is 3. The van der Waals surface area contributed by atoms with Crippen LogP contribution >= 0.6 is 11.6 Å². The zero-order valence-corrected chi connectivity index (χ0v) is 22.6. The number of hydrogen-bond acceptors (Lipinski definition) is 8. The van der Waals surface area contributed by atoms with E-state index in [9.17, 15) is 14.4 Å². The Labute approximate surface area is 224 Å². The first-order valence-corrected chi connectivity index (χ1v) is 11.2. The quantitative estimate of drug-likeness (QED) is 0.243. The number of imidazole rings is 1. The van der Waals surface area contributed by atoms with Crippen LogP contribution in [0.1, 0.15) is 16.3 Å². The number of nitrogens with one attached hydrogen (secondary N) is 1. The van der Waals surface area contributed by atoms with Gasteiger partial charge in [0.15, 0.2) is 46.6 Å². The van der Waals surface area contributed by atoms with Crippen LogP contribution in [0.2, 0.25) is 5.15 Å². The number of fused-ring (bicyclic) bond motifs is 1. The van der Waals surface area contributed by atoms with Gasteiger partial charge in [-0.25, -0.2) is 19.1 Å². The van der Waals surface area contributed by atoms with Gasteiger partial charge < -0.3 is 43.7 Å². The first-order valence-electron chi connectivity index (χ1n) is 10.8. The van der Waals surface area contributed by atoms with Gasteiger partial charge in [-0.05, 0) is 12.1 Å². The van der Waals surface area contributed by atoms with Crippen LogP contribution in [-0.4, -0.2) is 77.4 Å². The van der Waals surface area contributed by atoms with Gasteiger partial charge in [-0.3, -0.25) is 14.4 Å². The number of anilines is 2. The molecule has 0 saturated heterocycles. The van der Waals surface area contributed by atoms with Crippen molar-refractivity contribution in [2.75, 3.05) is 46.8 Å². The maximum atomic E-state index is 12.9. The van der Waals surface area contributed by atoms with Crippen LogP contribution in [0.5, 0.6) is 5.75 Å². The third-order valence-corrected chi connectivity index (χ3v) is 5.78. The number of benzene rings is 1. The molecule has 15 heteroatoms. The van der Waals surface area contributed by atoms with Gasteiger partial charge in [0, 0.05) is 34.3 Å². The van der Waals surface area contributed by atoms with Crippen molar-refractivity contribution in [3.63, 3.8) is 0 Å². The van der Waals surface area contributed by atoms with Crippen LogP contribution in [0.15, 0.2) is 18.2 Å². The first-order chi connectivity index (χ1) is 16.9. The van der Waals surface area contributed by atoms with Crippen molar-refractivity contribution in [1.29, 1.82) is 0 Å². The fourth-order valence-electron chi connectivity index (χ4n) is 3.45. The van der Waals surface area contributed by atoms with Crippen molar-refractivity contribution < 1.29 is 36.1 Å². The molecule has 1 aromatic carbocycles. The van der Waals surface area contributed by atoms with Crippen molar-refractivity contribution in [3.05, 3.63) is 34.9 Å². The van der Waals surface area contributed by atoms with E-state index in [2.05, 4.69) is 15.3 Å². The van der Waals surface area contributed by atoms with Gasteiger partial charge in [-0.1, -0.05) is 11.6 Å². The van der Waals surface area contributed by atoms with E-state index < -0.39 is 5.91 Å². The average molecular weight is 554 g/mol. The Balaban J connectivity index is 0.00000481. The van der Waals surface area contributed by atoms with Crippen molar-refractivity contribution in [1.82, 2.24) is 29.7 Å². The molecule has 0 aliphatic carbocycles. The van der Waals surface area contributed by atoms with Crippen LogP contribution in [-0.2, 0) is 29.2 Å². The van der Waals surface area contributed by atoms with Gasteiger partial charge in [0.05, 0.1) is 7.11 Å². The van der Waals surface area contributed by atoms with Crippen LogP contribution in [0.25, 0.3) is 11.0 Å². The molecular formula is C22H29Cl2N9O4. The topological polar surface area (TPSA) is 166 Å². The average Bonchev–Trinajstić information content (AvgIpc) is 3.10. The fourth-order valence-corrected chi connectivity index (χ4v) is 3.57. The van der Waals surface area contributed by atoms with Crippen LogP contribution in [0, 0.1) is 0 Å². The van der Waals surface area contributed by atoms with E-state index in [0.29, 0.717) is 22.6 Å². The molecule has 0 spiro atoms. The van der Waals surface area contributed by atoms with E-state index in [1.807, 2.05) is 0 Å². The number of nitrogen functional groups attached to an aromatic ring is 2. The van der Waals surface area contributed by atoms with Crippen molar-refractivity contribution in [2.24, 2.45) is 0 Å². The highest BCUT2D eigenvalue weighted by Crippen LogP contribution is 2.22. The lowest BCUT2D eigenvalue weighted by molar-refractivity contribution is -0.668. The Morgan fingerprint density at radius 2 is 1.73 bits per heavy atom. The number of aromatic nitrogens is 4. The van der Waals surface area contributed by atoms with E-state index in [1.54, 1.807) is 55.5 Å². The molecule has 13 nitrogen and oxygen atoms in total. The maximum Gasteiger partial charge on any atom is 0.278 e. The molecule has 3 amide bonds. The maximum absolute atomic E-state index is 12.9.